The van der Waals surface area contributed by atoms with Crippen molar-refractivity contribution < 1.29 is 10.0 Å². The van der Waals surface area contributed by atoms with Gasteiger partial charge in [0.15, 0.2) is 5.82 Å². The predicted octanol–water partition coefficient (Wildman–Crippen LogP) is 3.87. The molecule has 9 heteroatoms. The average Bonchev–Trinajstić information content (AvgIpc) is 3.17. The minimum Gasteiger partial charge on any atom is -0.289 e. The highest BCUT2D eigenvalue weighted by Gasteiger charge is 2.40. The van der Waals surface area contributed by atoms with Crippen molar-refractivity contribution in [1.82, 2.24) is 20.2 Å². The Kier molecular flexibility index (Phi) is 4.80. The molecular weight excluding hydrogens is 410 g/mol. The summed E-state index contributed by atoms with van der Waals surface area (Å²) in [4.78, 5) is 18.4. The van der Waals surface area contributed by atoms with Gasteiger partial charge >= 0.3 is 0 Å². The molecule has 2 aromatic heterocycles. The van der Waals surface area contributed by atoms with Crippen LogP contribution in [0.2, 0.25) is 5.02 Å². The Hall–Kier alpha value is -2.55. The van der Waals surface area contributed by atoms with Crippen LogP contribution in [0.3, 0.4) is 0 Å². The van der Waals surface area contributed by atoms with Crippen molar-refractivity contribution in [2.45, 2.75) is 39.7 Å². The van der Waals surface area contributed by atoms with Gasteiger partial charge in [0.05, 0.1) is 12.1 Å². The lowest BCUT2D eigenvalue weighted by molar-refractivity contribution is -0.130. The maximum absolute atomic E-state index is 12.1. The van der Waals surface area contributed by atoms with Gasteiger partial charge in [0.1, 0.15) is 16.4 Å². The Bertz CT molecular complexity index is 1150. The minimum atomic E-state index is -1.03. The van der Waals surface area contributed by atoms with E-state index in [2.05, 4.69) is 24.0 Å². The van der Waals surface area contributed by atoms with Crippen LogP contribution in [0.25, 0.3) is 5.00 Å². The number of nitrogens with one attached hydrogen (secondary N) is 1. The molecule has 2 N–H and O–H groups in total. The third-order valence-corrected chi connectivity index (χ3v) is 6.66. The normalized spacial score (nSPS) is 17.9. The molecule has 1 aliphatic heterocycles. The zero-order valence-electron chi connectivity index (χ0n) is 16.4. The number of hydroxylamine groups is 1. The highest BCUT2D eigenvalue weighted by molar-refractivity contribution is 7.15. The molecule has 0 unspecified atom stereocenters. The fourth-order valence-corrected chi connectivity index (χ4v) is 4.97. The Morgan fingerprint density at radius 1 is 1.24 bits per heavy atom. The maximum Gasteiger partial charge on any atom is 0.246 e. The number of carbonyl (C=O) groups excluding carboxylic acids is 1. The van der Waals surface area contributed by atoms with Gasteiger partial charge < -0.3 is 0 Å². The largest absolute Gasteiger partial charge is 0.289 e. The van der Waals surface area contributed by atoms with Crippen molar-refractivity contribution >= 4 is 34.6 Å². The van der Waals surface area contributed by atoms with E-state index in [1.807, 2.05) is 42.7 Å². The molecule has 150 valence electrons. The van der Waals surface area contributed by atoms with Gasteiger partial charge in [-0.15, -0.1) is 21.5 Å². The summed E-state index contributed by atoms with van der Waals surface area (Å²) in [6.07, 6.45) is -0.0777. The number of amides is 1. The first-order valence-electron chi connectivity index (χ1n) is 9.07. The van der Waals surface area contributed by atoms with Crippen LogP contribution in [0.15, 0.2) is 29.3 Å². The molecule has 1 aromatic carbocycles. The van der Waals surface area contributed by atoms with Crippen LogP contribution in [0.1, 0.15) is 46.6 Å². The number of benzene rings is 1. The molecule has 0 saturated heterocycles. The van der Waals surface area contributed by atoms with E-state index in [1.165, 1.54) is 4.88 Å². The second-order valence-electron chi connectivity index (χ2n) is 7.32. The zero-order valence-corrected chi connectivity index (χ0v) is 18.0. The number of aryl methyl sites for hydroxylation is 2. The summed E-state index contributed by atoms with van der Waals surface area (Å²) in [7, 11) is 0. The third-order valence-electron chi connectivity index (χ3n) is 5.22. The monoisotopic (exact) mass is 429 g/mol. The van der Waals surface area contributed by atoms with Gasteiger partial charge in [-0.05, 0) is 45.4 Å². The summed E-state index contributed by atoms with van der Waals surface area (Å²) < 4.78 is 1.97. The Balaban J connectivity index is 2.07. The first-order chi connectivity index (χ1) is 13.7. The van der Waals surface area contributed by atoms with Crippen LogP contribution < -0.4 is 5.48 Å². The van der Waals surface area contributed by atoms with Crippen LogP contribution >= 0.6 is 22.9 Å². The number of hydrogen-bond donors (Lipinski definition) is 2. The fourth-order valence-electron chi connectivity index (χ4n) is 3.64. The van der Waals surface area contributed by atoms with E-state index in [9.17, 15) is 4.79 Å². The van der Waals surface area contributed by atoms with Crippen LogP contribution in [-0.4, -0.2) is 31.6 Å². The maximum atomic E-state index is 12.1. The second-order valence-corrected chi connectivity index (χ2v) is 8.96. The molecule has 0 spiro atoms. The molecule has 3 heterocycles. The lowest BCUT2D eigenvalue weighted by Gasteiger charge is -2.23. The second kappa shape index (κ2) is 7.05. The molecule has 4 rings (SSSR count). The third kappa shape index (κ3) is 3.17. The number of thiophene rings is 1. The average molecular weight is 430 g/mol. The Morgan fingerprint density at radius 2 is 1.93 bits per heavy atom. The van der Waals surface area contributed by atoms with E-state index >= 15 is 0 Å². The number of nitrogens with zero attached hydrogens (tertiary/aromatic N) is 4. The summed E-state index contributed by atoms with van der Waals surface area (Å²) in [6.45, 7) is 7.85. The molecule has 3 aromatic rings. The van der Waals surface area contributed by atoms with Crippen molar-refractivity contribution in [2.75, 3.05) is 0 Å². The Labute approximate surface area is 177 Å². The molecule has 0 fully saturated rings. The SMILES string of the molecule is Cc1sc2c(c1C)C(c1ccc(Cl)cc1)=N[C@](C)(CC(=O)NO)c1nnc(C)n1-2. The van der Waals surface area contributed by atoms with Gasteiger partial charge in [-0.25, -0.2) is 5.48 Å². The first-order valence-corrected chi connectivity index (χ1v) is 10.3. The molecule has 0 aliphatic carbocycles. The van der Waals surface area contributed by atoms with Crippen LogP contribution in [0, 0.1) is 20.8 Å². The number of fused-ring (bicyclic) bond motifs is 3. The summed E-state index contributed by atoms with van der Waals surface area (Å²) in [5.74, 6) is 0.729. The van der Waals surface area contributed by atoms with Gasteiger partial charge in [-0.1, -0.05) is 23.7 Å². The van der Waals surface area contributed by atoms with Crippen molar-refractivity contribution in [3.63, 3.8) is 0 Å². The number of aromatic nitrogens is 3. The quantitative estimate of drug-likeness (QED) is 0.488. The van der Waals surface area contributed by atoms with Crippen molar-refractivity contribution in [2.24, 2.45) is 4.99 Å². The smallest absolute Gasteiger partial charge is 0.246 e. The summed E-state index contributed by atoms with van der Waals surface area (Å²) in [5, 5.41) is 19.4. The van der Waals surface area contributed by atoms with Crippen LogP contribution in [-0.2, 0) is 10.3 Å². The number of hydrogen-bond acceptors (Lipinski definition) is 6. The predicted molar refractivity (Wildman–Crippen MR) is 112 cm³/mol. The molecule has 0 radical (unpaired) electrons. The minimum absolute atomic E-state index is 0.0777. The molecule has 7 nitrogen and oxygen atoms in total. The topological polar surface area (TPSA) is 92.4 Å². The first kappa shape index (κ1) is 19.8. The standard InChI is InChI=1S/C20H20ClN5O2S/c1-10-11(2)29-18-16(10)17(13-5-7-14(21)8-6-13)22-20(4,9-15(27)25-28)19-24-23-12(3)26(18)19/h5-8,28H,9H2,1-4H3,(H,25,27)/t20-/m1/s1. The van der Waals surface area contributed by atoms with E-state index in [4.69, 9.17) is 21.8 Å². The molecule has 0 bridgehead atoms. The molecule has 1 amide bonds. The van der Waals surface area contributed by atoms with E-state index < -0.39 is 11.4 Å². The highest BCUT2D eigenvalue weighted by Crippen LogP contribution is 2.41. The number of aliphatic imine (C=N–C) groups is 1. The zero-order chi connectivity index (χ0) is 20.9. The molecule has 1 aliphatic rings. The van der Waals surface area contributed by atoms with E-state index in [0.717, 1.165) is 27.4 Å². The lowest BCUT2D eigenvalue weighted by Crippen LogP contribution is -2.32. The van der Waals surface area contributed by atoms with Gasteiger partial charge in [-0.2, -0.15) is 0 Å². The van der Waals surface area contributed by atoms with Gasteiger partial charge in [-0.3, -0.25) is 19.6 Å². The van der Waals surface area contributed by atoms with Crippen LogP contribution in [0.4, 0.5) is 0 Å². The number of rotatable bonds is 3. The molecular formula is C20H20ClN5O2S. The molecule has 1 atom stereocenters. The summed E-state index contributed by atoms with van der Waals surface area (Å²) in [6, 6.07) is 7.48. The van der Waals surface area contributed by atoms with Crippen molar-refractivity contribution in [1.29, 1.82) is 0 Å². The van der Waals surface area contributed by atoms with Gasteiger partial charge in [0.25, 0.3) is 0 Å². The Morgan fingerprint density at radius 3 is 2.59 bits per heavy atom. The molecule has 29 heavy (non-hydrogen) atoms. The summed E-state index contributed by atoms with van der Waals surface area (Å²) in [5.41, 5.74) is 4.45. The van der Waals surface area contributed by atoms with Crippen molar-refractivity contribution in [3.05, 3.63) is 62.5 Å². The fraction of sp³-hybridized carbons (Fsp3) is 0.300. The number of halogens is 1. The van der Waals surface area contributed by atoms with E-state index in [1.54, 1.807) is 16.8 Å². The van der Waals surface area contributed by atoms with Gasteiger partial charge in [0, 0.05) is 21.0 Å². The van der Waals surface area contributed by atoms with E-state index in [0.29, 0.717) is 16.7 Å². The molecule has 0 saturated carbocycles. The highest BCUT2D eigenvalue weighted by atomic mass is 35.5. The van der Waals surface area contributed by atoms with Gasteiger partial charge in [0.2, 0.25) is 5.91 Å². The van der Waals surface area contributed by atoms with E-state index in [-0.39, 0.29) is 6.42 Å². The van der Waals surface area contributed by atoms with Crippen molar-refractivity contribution in [3.8, 4) is 5.00 Å². The van der Waals surface area contributed by atoms with Crippen LogP contribution in [0.5, 0.6) is 0 Å². The lowest BCUT2D eigenvalue weighted by atomic mass is 9.95. The summed E-state index contributed by atoms with van der Waals surface area (Å²) >= 11 is 7.74. The number of carbonyl (C=O) groups is 1.